The van der Waals surface area contributed by atoms with Gasteiger partial charge in [0.1, 0.15) is 5.75 Å². The Hall–Kier alpha value is -2.14. The van der Waals surface area contributed by atoms with Crippen LogP contribution in [-0.2, 0) is 6.54 Å². The molecule has 16 heavy (non-hydrogen) atoms. The van der Waals surface area contributed by atoms with Gasteiger partial charge >= 0.3 is 0 Å². The molecule has 82 valence electrons. The zero-order valence-electron chi connectivity index (χ0n) is 8.59. The summed E-state index contributed by atoms with van der Waals surface area (Å²) in [7, 11) is 0. The van der Waals surface area contributed by atoms with Crippen LogP contribution in [0.1, 0.15) is 5.56 Å². The number of hydrogen-bond donors (Lipinski definition) is 3. The molecule has 0 spiro atoms. The van der Waals surface area contributed by atoms with Crippen molar-refractivity contribution in [2.45, 2.75) is 6.54 Å². The third-order valence-electron chi connectivity index (χ3n) is 2.06. The molecule has 0 aliphatic carbocycles. The third-order valence-corrected chi connectivity index (χ3v) is 2.06. The van der Waals surface area contributed by atoms with Crippen LogP contribution in [0.15, 0.2) is 36.7 Å². The fraction of sp³-hybridized carbons (Fsp3) is 0.0909. The summed E-state index contributed by atoms with van der Waals surface area (Å²) in [5.74, 6) is 0.729. The number of anilines is 2. The molecule has 0 radical (unpaired) electrons. The predicted octanol–water partition coefficient (Wildman–Crippen LogP) is 1.38. The van der Waals surface area contributed by atoms with Crippen molar-refractivity contribution in [1.29, 1.82) is 0 Å². The number of nitrogens with one attached hydrogen (secondary N) is 1. The summed E-state index contributed by atoms with van der Waals surface area (Å²) in [5.41, 5.74) is 7.14. The maximum Gasteiger partial charge on any atom is 0.227 e. The van der Waals surface area contributed by atoms with Gasteiger partial charge in [-0.3, -0.25) is 0 Å². The lowest BCUT2D eigenvalue weighted by molar-refractivity contribution is 0.475. The van der Waals surface area contributed by atoms with Crippen LogP contribution < -0.4 is 11.1 Å². The lowest BCUT2D eigenvalue weighted by Crippen LogP contribution is -2.01. The first kappa shape index (κ1) is 10.4. The Morgan fingerprint density at radius 2 is 1.75 bits per heavy atom. The maximum absolute atomic E-state index is 9.12. The van der Waals surface area contributed by atoms with E-state index < -0.39 is 0 Å². The number of nitrogens with zero attached hydrogens (tertiary/aromatic N) is 2. The molecule has 0 aliphatic rings. The molecular formula is C11H12N4O. The highest BCUT2D eigenvalue weighted by molar-refractivity contribution is 5.54. The minimum atomic E-state index is 0.227. The molecule has 0 bridgehead atoms. The molecule has 5 heteroatoms. The van der Waals surface area contributed by atoms with Crippen LogP contribution in [0.5, 0.6) is 5.75 Å². The summed E-state index contributed by atoms with van der Waals surface area (Å²) >= 11 is 0. The van der Waals surface area contributed by atoms with Crippen LogP contribution in [0.3, 0.4) is 0 Å². The number of benzene rings is 1. The Morgan fingerprint density at radius 1 is 1.12 bits per heavy atom. The summed E-state index contributed by atoms with van der Waals surface area (Å²) in [6, 6.07) is 6.68. The molecule has 0 saturated heterocycles. The van der Waals surface area contributed by atoms with Gasteiger partial charge in [0.2, 0.25) is 5.95 Å². The molecule has 2 aromatic rings. The van der Waals surface area contributed by atoms with Crippen molar-refractivity contribution in [3.8, 4) is 5.75 Å². The van der Waals surface area contributed by atoms with Crippen molar-refractivity contribution in [2.75, 3.05) is 5.32 Å². The molecule has 0 saturated carbocycles. The highest BCUT2D eigenvalue weighted by atomic mass is 16.3. The standard InChI is InChI=1S/C11H12N4O/c12-5-8-6-13-11(14-7-8)15-9-1-3-10(16)4-2-9/h1-4,6-7,16H,5,12H2,(H,13,14,15). The Labute approximate surface area is 93.0 Å². The second-order valence-corrected chi connectivity index (χ2v) is 3.29. The smallest absolute Gasteiger partial charge is 0.227 e. The summed E-state index contributed by atoms with van der Waals surface area (Å²) in [6.07, 6.45) is 3.35. The Bertz CT molecular complexity index is 452. The second kappa shape index (κ2) is 4.59. The van der Waals surface area contributed by atoms with E-state index in [0.29, 0.717) is 12.5 Å². The van der Waals surface area contributed by atoms with Crippen molar-refractivity contribution >= 4 is 11.6 Å². The SMILES string of the molecule is NCc1cnc(Nc2ccc(O)cc2)nc1. The Balaban J connectivity index is 2.11. The van der Waals surface area contributed by atoms with Crippen molar-refractivity contribution in [3.05, 3.63) is 42.2 Å². The molecule has 1 heterocycles. The van der Waals surface area contributed by atoms with Crippen LogP contribution in [0.25, 0.3) is 0 Å². The molecular weight excluding hydrogens is 204 g/mol. The van der Waals surface area contributed by atoms with E-state index in [-0.39, 0.29) is 5.75 Å². The van der Waals surface area contributed by atoms with Crippen LogP contribution in [0.4, 0.5) is 11.6 Å². The highest BCUT2D eigenvalue weighted by Gasteiger charge is 1.97. The van der Waals surface area contributed by atoms with Gasteiger partial charge in [0.05, 0.1) is 0 Å². The minimum Gasteiger partial charge on any atom is -0.508 e. The molecule has 0 aliphatic heterocycles. The highest BCUT2D eigenvalue weighted by Crippen LogP contribution is 2.16. The van der Waals surface area contributed by atoms with Gasteiger partial charge in [-0.2, -0.15) is 0 Å². The van der Waals surface area contributed by atoms with Crippen molar-refractivity contribution < 1.29 is 5.11 Å². The fourth-order valence-electron chi connectivity index (χ4n) is 1.20. The maximum atomic E-state index is 9.12. The van der Waals surface area contributed by atoms with Crippen LogP contribution >= 0.6 is 0 Å². The number of aromatic hydroxyl groups is 1. The van der Waals surface area contributed by atoms with E-state index in [4.69, 9.17) is 10.8 Å². The lowest BCUT2D eigenvalue weighted by atomic mass is 10.3. The van der Waals surface area contributed by atoms with Gasteiger partial charge in [-0.05, 0) is 24.3 Å². The van der Waals surface area contributed by atoms with Crippen molar-refractivity contribution in [3.63, 3.8) is 0 Å². The number of phenols is 1. The summed E-state index contributed by atoms with van der Waals surface area (Å²) in [5, 5.41) is 12.1. The molecule has 5 nitrogen and oxygen atoms in total. The monoisotopic (exact) mass is 216 g/mol. The minimum absolute atomic E-state index is 0.227. The normalized spacial score (nSPS) is 10.1. The van der Waals surface area contributed by atoms with Gasteiger partial charge in [0.25, 0.3) is 0 Å². The van der Waals surface area contributed by atoms with Gasteiger partial charge in [-0.15, -0.1) is 0 Å². The number of rotatable bonds is 3. The zero-order chi connectivity index (χ0) is 11.4. The predicted molar refractivity (Wildman–Crippen MR) is 61.3 cm³/mol. The third kappa shape index (κ3) is 2.46. The van der Waals surface area contributed by atoms with Gasteiger partial charge in [0.15, 0.2) is 0 Å². The molecule has 1 aromatic carbocycles. The Kier molecular flexibility index (Phi) is 2.98. The number of nitrogens with two attached hydrogens (primary N) is 1. The first-order valence-corrected chi connectivity index (χ1v) is 4.85. The van der Waals surface area contributed by atoms with Gasteiger partial charge in [-0.25, -0.2) is 9.97 Å². The van der Waals surface area contributed by atoms with Crippen molar-refractivity contribution in [1.82, 2.24) is 9.97 Å². The average Bonchev–Trinajstić information content (AvgIpc) is 2.33. The van der Waals surface area contributed by atoms with Gasteiger partial charge < -0.3 is 16.2 Å². The summed E-state index contributed by atoms with van der Waals surface area (Å²) in [4.78, 5) is 8.21. The second-order valence-electron chi connectivity index (χ2n) is 3.29. The number of aromatic nitrogens is 2. The molecule has 0 amide bonds. The Morgan fingerprint density at radius 3 is 2.31 bits per heavy atom. The molecule has 1 aromatic heterocycles. The van der Waals surface area contributed by atoms with E-state index in [2.05, 4.69) is 15.3 Å². The van der Waals surface area contributed by atoms with E-state index in [1.807, 2.05) is 0 Å². The molecule has 0 atom stereocenters. The number of phenolic OH excluding ortho intramolecular Hbond substituents is 1. The summed E-state index contributed by atoms with van der Waals surface area (Å²) in [6.45, 7) is 0.430. The van der Waals surface area contributed by atoms with E-state index in [9.17, 15) is 0 Å². The van der Waals surface area contributed by atoms with Gasteiger partial charge in [0, 0.05) is 30.2 Å². The largest absolute Gasteiger partial charge is 0.508 e. The van der Waals surface area contributed by atoms with E-state index in [1.165, 1.54) is 0 Å². The first-order chi connectivity index (χ1) is 7.78. The number of hydrogen-bond acceptors (Lipinski definition) is 5. The lowest BCUT2D eigenvalue weighted by Gasteiger charge is -2.04. The molecule has 4 N–H and O–H groups in total. The molecule has 0 fully saturated rings. The summed E-state index contributed by atoms with van der Waals surface area (Å²) < 4.78 is 0. The molecule has 0 unspecified atom stereocenters. The van der Waals surface area contributed by atoms with Crippen LogP contribution in [0, 0.1) is 0 Å². The average molecular weight is 216 g/mol. The van der Waals surface area contributed by atoms with Crippen LogP contribution in [0.2, 0.25) is 0 Å². The van der Waals surface area contributed by atoms with Crippen LogP contribution in [-0.4, -0.2) is 15.1 Å². The van der Waals surface area contributed by atoms with Crippen molar-refractivity contribution in [2.24, 2.45) is 5.73 Å². The van der Waals surface area contributed by atoms with E-state index in [1.54, 1.807) is 36.7 Å². The topological polar surface area (TPSA) is 84.1 Å². The van der Waals surface area contributed by atoms with Gasteiger partial charge in [-0.1, -0.05) is 0 Å². The quantitative estimate of drug-likeness (QED) is 0.675. The van der Waals surface area contributed by atoms with E-state index >= 15 is 0 Å². The zero-order valence-corrected chi connectivity index (χ0v) is 8.59. The molecule has 2 rings (SSSR count). The van der Waals surface area contributed by atoms with E-state index in [0.717, 1.165) is 11.3 Å². The fourth-order valence-corrected chi connectivity index (χ4v) is 1.20. The first-order valence-electron chi connectivity index (χ1n) is 4.85.